The molecule has 1 atom stereocenters. The first-order valence-electron chi connectivity index (χ1n) is 23.8. The van der Waals surface area contributed by atoms with E-state index in [1.807, 2.05) is 0 Å². The average Bonchev–Trinajstić information content (AvgIpc) is 3.22. The standard InChI is InChI=1S/C53H88O5/c1-4-7-10-13-16-19-22-25-27-29-31-34-37-40-43-46-52(54)57-50-51(49-56-48-45-42-39-36-33-30-26-23-20-17-14-11-8-5-2)58-53(55)47-44-41-38-35-32-28-24-21-18-15-12-9-6-3/h7-8,10-11,16-17,19-20,25-27,30-31,34,36,39,51H,4-6,9,12-15,18,21-24,28-29,32-33,35,37-38,40-50H2,1-3H3/b10-7-,11-8-,19-16-,20-17-,27-25-,30-26-,34-31-,39-36-. The van der Waals surface area contributed by atoms with Gasteiger partial charge >= 0.3 is 11.9 Å². The number of hydrogen-bond donors (Lipinski definition) is 0. The summed E-state index contributed by atoms with van der Waals surface area (Å²) in [7, 11) is 0. The van der Waals surface area contributed by atoms with Crippen molar-refractivity contribution in [3.63, 3.8) is 0 Å². The molecule has 0 aliphatic heterocycles. The van der Waals surface area contributed by atoms with E-state index in [9.17, 15) is 9.59 Å². The van der Waals surface area contributed by atoms with Crippen LogP contribution in [0.15, 0.2) is 97.2 Å². The first-order chi connectivity index (χ1) is 28.6. The molecule has 0 bridgehead atoms. The Balaban J connectivity index is 4.43. The van der Waals surface area contributed by atoms with E-state index in [2.05, 4.69) is 118 Å². The molecule has 5 nitrogen and oxygen atoms in total. The number of unbranched alkanes of at least 4 members (excludes halogenated alkanes) is 15. The van der Waals surface area contributed by atoms with Crippen molar-refractivity contribution in [2.45, 2.75) is 207 Å². The van der Waals surface area contributed by atoms with Gasteiger partial charge in [0, 0.05) is 19.4 Å². The van der Waals surface area contributed by atoms with Crippen LogP contribution in [0.1, 0.15) is 201 Å². The monoisotopic (exact) mass is 805 g/mol. The van der Waals surface area contributed by atoms with Crippen LogP contribution in [0.4, 0.5) is 0 Å². The summed E-state index contributed by atoms with van der Waals surface area (Å²) in [6, 6.07) is 0. The summed E-state index contributed by atoms with van der Waals surface area (Å²) in [6.45, 7) is 7.41. The van der Waals surface area contributed by atoms with Crippen LogP contribution in [0, 0.1) is 0 Å². The minimum absolute atomic E-state index is 0.0386. The zero-order valence-corrected chi connectivity index (χ0v) is 37.8. The van der Waals surface area contributed by atoms with Gasteiger partial charge in [0.25, 0.3) is 0 Å². The second-order valence-corrected chi connectivity index (χ2v) is 15.3. The molecule has 0 amide bonds. The highest BCUT2D eigenvalue weighted by Gasteiger charge is 2.17. The van der Waals surface area contributed by atoms with Crippen molar-refractivity contribution in [2.24, 2.45) is 0 Å². The molecule has 1 unspecified atom stereocenters. The second-order valence-electron chi connectivity index (χ2n) is 15.3. The van der Waals surface area contributed by atoms with Gasteiger partial charge < -0.3 is 14.2 Å². The molecule has 0 heterocycles. The van der Waals surface area contributed by atoms with Gasteiger partial charge in [0.05, 0.1) is 6.61 Å². The molecule has 5 heteroatoms. The fraction of sp³-hybridized carbons (Fsp3) is 0.660. The molecule has 0 radical (unpaired) electrons. The number of rotatable bonds is 42. The number of hydrogen-bond acceptors (Lipinski definition) is 5. The van der Waals surface area contributed by atoms with E-state index >= 15 is 0 Å². The van der Waals surface area contributed by atoms with Gasteiger partial charge in [-0.2, -0.15) is 0 Å². The van der Waals surface area contributed by atoms with Crippen molar-refractivity contribution in [3.05, 3.63) is 97.2 Å². The maximum absolute atomic E-state index is 12.7. The summed E-state index contributed by atoms with van der Waals surface area (Å²) in [4.78, 5) is 25.3. The van der Waals surface area contributed by atoms with E-state index in [0.717, 1.165) is 103 Å². The van der Waals surface area contributed by atoms with Gasteiger partial charge in [-0.1, -0.05) is 195 Å². The predicted molar refractivity (Wildman–Crippen MR) is 251 cm³/mol. The van der Waals surface area contributed by atoms with Gasteiger partial charge in [-0.05, 0) is 89.9 Å². The minimum atomic E-state index is -0.583. The highest BCUT2D eigenvalue weighted by Crippen LogP contribution is 2.14. The van der Waals surface area contributed by atoms with Crippen LogP contribution in [0.2, 0.25) is 0 Å². The quantitative estimate of drug-likeness (QED) is 0.0349. The fourth-order valence-corrected chi connectivity index (χ4v) is 6.15. The molecular formula is C53H88O5. The lowest BCUT2D eigenvalue weighted by molar-refractivity contribution is -0.163. The van der Waals surface area contributed by atoms with Crippen molar-refractivity contribution in [2.75, 3.05) is 19.8 Å². The molecule has 330 valence electrons. The van der Waals surface area contributed by atoms with E-state index in [0.29, 0.717) is 19.4 Å². The van der Waals surface area contributed by atoms with E-state index in [-0.39, 0.29) is 25.2 Å². The number of carbonyl (C=O) groups excluding carboxylic acids is 2. The van der Waals surface area contributed by atoms with Crippen molar-refractivity contribution in [3.8, 4) is 0 Å². The summed E-state index contributed by atoms with van der Waals surface area (Å²) < 4.78 is 17.2. The summed E-state index contributed by atoms with van der Waals surface area (Å²) in [5.41, 5.74) is 0. The molecule has 0 aliphatic rings. The molecule has 0 spiro atoms. The van der Waals surface area contributed by atoms with E-state index in [1.165, 1.54) is 64.2 Å². The molecule has 0 saturated carbocycles. The number of carbonyl (C=O) groups is 2. The molecular weight excluding hydrogens is 717 g/mol. The molecule has 0 aromatic heterocycles. The molecule has 0 rings (SSSR count). The van der Waals surface area contributed by atoms with Crippen LogP contribution < -0.4 is 0 Å². The predicted octanol–water partition coefficient (Wildman–Crippen LogP) is 15.9. The molecule has 0 saturated heterocycles. The van der Waals surface area contributed by atoms with Crippen LogP contribution in [0.25, 0.3) is 0 Å². The number of allylic oxidation sites excluding steroid dienone is 16. The molecule has 58 heavy (non-hydrogen) atoms. The lowest BCUT2D eigenvalue weighted by atomic mass is 10.0. The highest BCUT2D eigenvalue weighted by molar-refractivity contribution is 5.70. The fourth-order valence-electron chi connectivity index (χ4n) is 6.15. The SMILES string of the molecule is CC/C=C\C/C=C\C/C=C\C/C=C\CCCCC(=O)OCC(COCCC/C=C\C/C=C\C/C=C\C/C=C\CC)OC(=O)CCCCCCCCCCCCCCC. The Hall–Kier alpha value is -3.18. The maximum atomic E-state index is 12.7. The summed E-state index contributed by atoms with van der Waals surface area (Å²) in [5.74, 6) is -0.479. The largest absolute Gasteiger partial charge is 0.462 e. The first-order valence-corrected chi connectivity index (χ1v) is 23.8. The maximum Gasteiger partial charge on any atom is 0.306 e. The third-order valence-electron chi connectivity index (χ3n) is 9.62. The van der Waals surface area contributed by atoms with Crippen molar-refractivity contribution in [1.82, 2.24) is 0 Å². The summed E-state index contributed by atoms with van der Waals surface area (Å²) in [6.07, 6.45) is 64.2. The van der Waals surface area contributed by atoms with Crippen LogP contribution >= 0.6 is 0 Å². The molecule has 0 aromatic carbocycles. The minimum Gasteiger partial charge on any atom is -0.462 e. The number of esters is 2. The summed E-state index contributed by atoms with van der Waals surface area (Å²) >= 11 is 0. The zero-order valence-electron chi connectivity index (χ0n) is 37.8. The van der Waals surface area contributed by atoms with Crippen LogP contribution in [-0.2, 0) is 23.8 Å². The second kappa shape index (κ2) is 48.2. The Bertz CT molecular complexity index is 1140. The Morgan fingerprint density at radius 3 is 1.24 bits per heavy atom. The van der Waals surface area contributed by atoms with Crippen LogP contribution in [-0.4, -0.2) is 37.9 Å². The highest BCUT2D eigenvalue weighted by atomic mass is 16.6. The Labute approximate surface area is 358 Å². The Kier molecular flexibility index (Phi) is 45.5. The molecule has 0 fully saturated rings. The Morgan fingerprint density at radius 1 is 0.397 bits per heavy atom. The van der Waals surface area contributed by atoms with E-state index in [4.69, 9.17) is 14.2 Å². The van der Waals surface area contributed by atoms with Gasteiger partial charge in [-0.3, -0.25) is 9.59 Å². The van der Waals surface area contributed by atoms with Crippen molar-refractivity contribution in [1.29, 1.82) is 0 Å². The van der Waals surface area contributed by atoms with Crippen molar-refractivity contribution < 1.29 is 23.8 Å². The van der Waals surface area contributed by atoms with E-state index in [1.54, 1.807) is 0 Å². The van der Waals surface area contributed by atoms with E-state index < -0.39 is 6.10 Å². The molecule has 0 aliphatic carbocycles. The topological polar surface area (TPSA) is 61.8 Å². The summed E-state index contributed by atoms with van der Waals surface area (Å²) in [5, 5.41) is 0. The lowest BCUT2D eigenvalue weighted by Crippen LogP contribution is -2.30. The van der Waals surface area contributed by atoms with Crippen LogP contribution in [0.3, 0.4) is 0 Å². The van der Waals surface area contributed by atoms with Gasteiger partial charge in [0.15, 0.2) is 6.10 Å². The third kappa shape index (κ3) is 45.5. The molecule has 0 aromatic rings. The lowest BCUT2D eigenvalue weighted by Gasteiger charge is -2.18. The van der Waals surface area contributed by atoms with Gasteiger partial charge in [0.1, 0.15) is 6.61 Å². The van der Waals surface area contributed by atoms with Gasteiger partial charge in [0.2, 0.25) is 0 Å². The first kappa shape index (κ1) is 54.8. The number of ether oxygens (including phenoxy) is 3. The van der Waals surface area contributed by atoms with Gasteiger partial charge in [-0.15, -0.1) is 0 Å². The molecule has 0 N–H and O–H groups in total. The Morgan fingerprint density at radius 2 is 0.776 bits per heavy atom. The zero-order chi connectivity index (χ0) is 42.1. The van der Waals surface area contributed by atoms with Crippen LogP contribution in [0.5, 0.6) is 0 Å². The van der Waals surface area contributed by atoms with Gasteiger partial charge in [-0.25, -0.2) is 0 Å². The third-order valence-corrected chi connectivity index (χ3v) is 9.62. The van der Waals surface area contributed by atoms with Crippen molar-refractivity contribution >= 4 is 11.9 Å². The normalized spacial score (nSPS) is 13.1. The average molecular weight is 805 g/mol. The smallest absolute Gasteiger partial charge is 0.306 e.